The normalized spacial score (nSPS) is 20.3. The zero-order chi connectivity index (χ0) is 16.1. The van der Waals surface area contributed by atoms with Crippen molar-refractivity contribution in [2.45, 2.75) is 19.3 Å². The van der Waals surface area contributed by atoms with Crippen molar-refractivity contribution in [1.29, 1.82) is 5.26 Å². The highest BCUT2D eigenvalue weighted by molar-refractivity contribution is 6.32. The van der Waals surface area contributed by atoms with Crippen LogP contribution in [0.4, 0.5) is 5.69 Å². The Morgan fingerprint density at radius 3 is 2.82 bits per heavy atom. The lowest BCUT2D eigenvalue weighted by Gasteiger charge is -2.20. The molecule has 1 saturated carbocycles. The van der Waals surface area contributed by atoms with E-state index in [0.717, 1.165) is 24.9 Å². The molecular formula is C16H19ClN2O3. The summed E-state index contributed by atoms with van der Waals surface area (Å²) in [5.41, 5.74) is 0.731. The molecule has 1 aromatic carbocycles. The van der Waals surface area contributed by atoms with Crippen LogP contribution < -0.4 is 9.64 Å². The minimum atomic E-state index is -0.154. The van der Waals surface area contributed by atoms with Gasteiger partial charge in [0.05, 0.1) is 30.8 Å². The number of benzene rings is 1. The van der Waals surface area contributed by atoms with Gasteiger partial charge >= 0.3 is 5.97 Å². The van der Waals surface area contributed by atoms with E-state index in [1.54, 1.807) is 30.2 Å². The van der Waals surface area contributed by atoms with Crippen LogP contribution in [0.5, 0.6) is 5.75 Å². The van der Waals surface area contributed by atoms with E-state index >= 15 is 0 Å². The van der Waals surface area contributed by atoms with Crippen LogP contribution in [0.25, 0.3) is 0 Å². The predicted molar refractivity (Wildman–Crippen MR) is 83.8 cm³/mol. The third kappa shape index (κ3) is 3.63. The summed E-state index contributed by atoms with van der Waals surface area (Å²) in [6.07, 6.45) is 4.68. The van der Waals surface area contributed by atoms with E-state index in [4.69, 9.17) is 21.1 Å². The summed E-state index contributed by atoms with van der Waals surface area (Å²) in [4.78, 5) is 13.2. The van der Waals surface area contributed by atoms with Gasteiger partial charge in [0.1, 0.15) is 5.75 Å². The number of carbonyl (C=O) groups excluding carboxylic acids is 1. The van der Waals surface area contributed by atoms with Crippen LogP contribution in [-0.4, -0.2) is 26.7 Å². The van der Waals surface area contributed by atoms with Gasteiger partial charge in [0, 0.05) is 6.54 Å². The van der Waals surface area contributed by atoms with Crippen LogP contribution in [-0.2, 0) is 9.53 Å². The van der Waals surface area contributed by atoms with E-state index in [9.17, 15) is 10.1 Å². The van der Waals surface area contributed by atoms with Crippen molar-refractivity contribution < 1.29 is 14.3 Å². The Morgan fingerprint density at radius 1 is 1.45 bits per heavy atom. The first-order valence-corrected chi connectivity index (χ1v) is 7.55. The van der Waals surface area contributed by atoms with Crippen LogP contribution >= 0.6 is 11.6 Å². The van der Waals surface area contributed by atoms with Crippen molar-refractivity contribution in [3.63, 3.8) is 0 Å². The van der Waals surface area contributed by atoms with Gasteiger partial charge in [-0.05, 0) is 43.4 Å². The average molecular weight is 323 g/mol. The van der Waals surface area contributed by atoms with Crippen molar-refractivity contribution in [2.75, 3.05) is 25.7 Å². The van der Waals surface area contributed by atoms with Crippen LogP contribution in [0.1, 0.15) is 19.3 Å². The molecule has 0 unspecified atom stereocenters. The number of hydrogen-bond donors (Lipinski definition) is 0. The van der Waals surface area contributed by atoms with Gasteiger partial charge in [-0.25, -0.2) is 0 Å². The molecule has 1 aromatic rings. The van der Waals surface area contributed by atoms with Gasteiger partial charge in [-0.2, -0.15) is 5.26 Å². The monoisotopic (exact) mass is 322 g/mol. The Hall–Kier alpha value is -1.93. The second kappa shape index (κ2) is 7.37. The van der Waals surface area contributed by atoms with E-state index in [-0.39, 0.29) is 11.9 Å². The molecule has 6 heteroatoms. The first-order valence-electron chi connectivity index (χ1n) is 7.17. The van der Waals surface area contributed by atoms with Gasteiger partial charge in [0.2, 0.25) is 0 Å². The zero-order valence-corrected chi connectivity index (χ0v) is 13.5. The lowest BCUT2D eigenvalue weighted by atomic mass is 10.0. The predicted octanol–water partition coefficient (Wildman–Crippen LogP) is 3.23. The highest BCUT2D eigenvalue weighted by atomic mass is 35.5. The van der Waals surface area contributed by atoms with Crippen molar-refractivity contribution in [3.05, 3.63) is 23.2 Å². The number of ether oxygens (including phenoxy) is 2. The fraction of sp³-hybridized carbons (Fsp3) is 0.500. The molecule has 5 nitrogen and oxygen atoms in total. The third-order valence-electron chi connectivity index (χ3n) is 4.08. The maximum absolute atomic E-state index is 11.6. The number of carbonyl (C=O) groups is 1. The summed E-state index contributed by atoms with van der Waals surface area (Å²) >= 11 is 6.11. The van der Waals surface area contributed by atoms with E-state index in [0.29, 0.717) is 23.2 Å². The van der Waals surface area contributed by atoms with Gasteiger partial charge in [0.15, 0.2) is 6.19 Å². The average Bonchev–Trinajstić information content (AvgIpc) is 3.00. The Kier molecular flexibility index (Phi) is 5.51. The molecule has 0 saturated heterocycles. The Morgan fingerprint density at radius 2 is 2.23 bits per heavy atom. The summed E-state index contributed by atoms with van der Waals surface area (Å²) in [7, 11) is 2.96. The number of methoxy groups -OCH3 is 2. The van der Waals surface area contributed by atoms with E-state index < -0.39 is 0 Å². The minimum Gasteiger partial charge on any atom is -0.495 e. The molecule has 2 rings (SSSR count). The molecule has 0 aromatic heterocycles. The van der Waals surface area contributed by atoms with Crippen molar-refractivity contribution >= 4 is 23.3 Å². The molecule has 0 amide bonds. The first-order chi connectivity index (χ1) is 10.6. The van der Waals surface area contributed by atoms with Gasteiger partial charge in [-0.3, -0.25) is 9.69 Å². The zero-order valence-electron chi connectivity index (χ0n) is 12.7. The van der Waals surface area contributed by atoms with Crippen LogP contribution in [0.3, 0.4) is 0 Å². The molecule has 118 valence electrons. The fourth-order valence-corrected chi connectivity index (χ4v) is 3.16. The summed E-state index contributed by atoms with van der Waals surface area (Å²) in [5, 5.41) is 9.86. The van der Waals surface area contributed by atoms with Crippen LogP contribution in [0.15, 0.2) is 18.2 Å². The van der Waals surface area contributed by atoms with Crippen molar-refractivity contribution in [1.82, 2.24) is 0 Å². The largest absolute Gasteiger partial charge is 0.495 e. The van der Waals surface area contributed by atoms with E-state index in [1.807, 2.05) is 0 Å². The summed E-state index contributed by atoms with van der Waals surface area (Å²) in [6.45, 7) is 0.576. The van der Waals surface area contributed by atoms with E-state index in [2.05, 4.69) is 6.19 Å². The topological polar surface area (TPSA) is 62.6 Å². The highest BCUT2D eigenvalue weighted by Gasteiger charge is 2.31. The van der Waals surface area contributed by atoms with Gasteiger partial charge in [-0.15, -0.1) is 0 Å². The van der Waals surface area contributed by atoms with Crippen LogP contribution in [0.2, 0.25) is 5.02 Å². The fourth-order valence-electron chi connectivity index (χ4n) is 2.91. The Bertz CT molecular complexity index is 585. The summed E-state index contributed by atoms with van der Waals surface area (Å²) in [5.74, 6) is 0.674. The molecule has 22 heavy (non-hydrogen) atoms. The Labute approximate surface area is 135 Å². The molecule has 0 N–H and O–H groups in total. The maximum Gasteiger partial charge on any atom is 0.308 e. The molecule has 1 aliphatic carbocycles. The molecule has 2 atom stereocenters. The van der Waals surface area contributed by atoms with Crippen LogP contribution in [0, 0.1) is 23.3 Å². The molecule has 0 aliphatic heterocycles. The number of hydrogen-bond acceptors (Lipinski definition) is 5. The van der Waals surface area contributed by atoms with Crippen molar-refractivity contribution in [3.8, 4) is 11.9 Å². The summed E-state index contributed by atoms with van der Waals surface area (Å²) < 4.78 is 9.91. The number of anilines is 1. The van der Waals surface area contributed by atoms with Gasteiger partial charge in [0.25, 0.3) is 0 Å². The first kappa shape index (κ1) is 16.4. The minimum absolute atomic E-state index is 0.0463. The SMILES string of the molecule is COC(=O)[C@@H]1CC[C@H](CN(C#N)c2ccc(OC)c(Cl)c2)C1. The number of esters is 1. The maximum atomic E-state index is 11.6. The molecule has 1 fully saturated rings. The molecule has 0 bridgehead atoms. The lowest BCUT2D eigenvalue weighted by Crippen LogP contribution is -2.24. The standard InChI is InChI=1S/C16H19ClN2O3/c1-21-15-6-5-13(8-14(15)17)19(10-18)9-11-3-4-12(7-11)16(20)22-2/h5-6,8,11-12H,3-4,7,9H2,1-2H3/t11-,12+/m0/s1. The highest BCUT2D eigenvalue weighted by Crippen LogP contribution is 2.34. The smallest absolute Gasteiger partial charge is 0.308 e. The van der Waals surface area contributed by atoms with E-state index in [1.165, 1.54) is 7.11 Å². The number of rotatable bonds is 5. The molecule has 0 radical (unpaired) electrons. The Balaban J connectivity index is 2.03. The number of halogens is 1. The molecule has 1 aliphatic rings. The second-order valence-electron chi connectivity index (χ2n) is 5.43. The van der Waals surface area contributed by atoms with Gasteiger partial charge in [-0.1, -0.05) is 11.6 Å². The molecule has 0 heterocycles. The third-order valence-corrected chi connectivity index (χ3v) is 4.38. The molecular weight excluding hydrogens is 304 g/mol. The quantitative estimate of drug-likeness (QED) is 0.473. The second-order valence-corrected chi connectivity index (χ2v) is 5.84. The lowest BCUT2D eigenvalue weighted by molar-refractivity contribution is -0.145. The number of nitrogens with zero attached hydrogens (tertiary/aromatic N) is 2. The number of nitriles is 1. The molecule has 0 spiro atoms. The van der Waals surface area contributed by atoms with Crippen molar-refractivity contribution in [2.24, 2.45) is 11.8 Å². The van der Waals surface area contributed by atoms with Gasteiger partial charge < -0.3 is 9.47 Å². The summed E-state index contributed by atoms with van der Waals surface area (Å²) in [6, 6.07) is 5.27.